The van der Waals surface area contributed by atoms with Gasteiger partial charge in [-0.15, -0.1) is 6.58 Å². The van der Waals surface area contributed by atoms with Gasteiger partial charge in [-0.1, -0.05) is 18.2 Å². The van der Waals surface area contributed by atoms with Gasteiger partial charge in [-0.05, 0) is 47.4 Å². The third-order valence-corrected chi connectivity index (χ3v) is 5.58. The maximum absolute atomic E-state index is 10.4. The highest BCUT2D eigenvalue weighted by Gasteiger charge is 2.45. The number of allylic oxidation sites excluding steroid dienone is 1. The predicted molar refractivity (Wildman–Crippen MR) is 119 cm³/mol. The molecule has 1 aliphatic rings. The van der Waals surface area contributed by atoms with Gasteiger partial charge in [-0.2, -0.15) is 0 Å². The Balaban J connectivity index is 1.93. The van der Waals surface area contributed by atoms with Crippen molar-refractivity contribution in [2.24, 2.45) is 0 Å². The third kappa shape index (κ3) is 5.71. The highest BCUT2D eigenvalue weighted by Crippen LogP contribution is 2.35. The Bertz CT molecular complexity index is 946. The van der Waals surface area contributed by atoms with Crippen LogP contribution in [0.5, 0.6) is 11.5 Å². The molecule has 2 aromatic carbocycles. The summed E-state index contributed by atoms with van der Waals surface area (Å²) in [5.41, 5.74) is 2.57. The van der Waals surface area contributed by atoms with Crippen molar-refractivity contribution in [3.05, 3.63) is 60.2 Å². The standard InChI is InChI=1S/C24H30O9/c1-2-3-15-10-14(17-9-13(4-6-18(17)28)8-16(27)11-25)5-7-19(15)32-23-20(12-26)33-24(31)22(30)21(23)29/h2,4-7,9-10,16,20-31H,1,3,8,11-12H2/t16?,20-,21-,22-,23-,24-/m1/s1. The summed E-state index contributed by atoms with van der Waals surface area (Å²) in [4.78, 5) is 0. The van der Waals surface area contributed by atoms with Gasteiger partial charge < -0.3 is 45.2 Å². The van der Waals surface area contributed by atoms with Gasteiger partial charge in [0.05, 0.1) is 19.3 Å². The Morgan fingerprint density at radius 1 is 1.06 bits per heavy atom. The van der Waals surface area contributed by atoms with E-state index in [0.29, 0.717) is 28.9 Å². The molecule has 1 fully saturated rings. The second-order valence-corrected chi connectivity index (χ2v) is 8.02. The SMILES string of the molecule is C=CCc1cc(-c2cc(CC(O)CO)ccc2O)ccc1O[C@H]1[C@H](O)[C@@H](O)[C@H](O)O[C@@H]1CO. The number of phenolic OH excluding ortho intramolecular Hbond substituents is 1. The largest absolute Gasteiger partial charge is 0.507 e. The molecule has 0 saturated carbocycles. The van der Waals surface area contributed by atoms with E-state index in [1.165, 1.54) is 6.07 Å². The van der Waals surface area contributed by atoms with Crippen LogP contribution in [-0.2, 0) is 17.6 Å². The first-order valence-corrected chi connectivity index (χ1v) is 10.6. The second-order valence-electron chi connectivity index (χ2n) is 8.02. The van der Waals surface area contributed by atoms with Crippen LogP contribution < -0.4 is 4.74 Å². The second kappa shape index (κ2) is 11.1. The monoisotopic (exact) mass is 462 g/mol. The lowest BCUT2D eigenvalue weighted by molar-refractivity contribution is -0.282. The summed E-state index contributed by atoms with van der Waals surface area (Å²) in [7, 11) is 0. The summed E-state index contributed by atoms with van der Waals surface area (Å²) in [5.74, 6) is 0.378. The van der Waals surface area contributed by atoms with E-state index in [0.717, 1.165) is 5.56 Å². The molecule has 0 amide bonds. The molecule has 1 aliphatic heterocycles. The van der Waals surface area contributed by atoms with Gasteiger partial charge in [0.15, 0.2) is 12.4 Å². The van der Waals surface area contributed by atoms with Gasteiger partial charge in [-0.25, -0.2) is 0 Å². The van der Waals surface area contributed by atoms with E-state index < -0.39 is 43.4 Å². The summed E-state index contributed by atoms with van der Waals surface area (Å²) in [6, 6.07) is 9.99. The molecule has 7 N–H and O–H groups in total. The van der Waals surface area contributed by atoms with E-state index in [9.17, 15) is 30.6 Å². The summed E-state index contributed by atoms with van der Waals surface area (Å²) in [6.07, 6.45) is -5.61. The van der Waals surface area contributed by atoms with E-state index in [2.05, 4.69) is 6.58 Å². The number of phenols is 1. The van der Waals surface area contributed by atoms with Crippen molar-refractivity contribution in [3.63, 3.8) is 0 Å². The van der Waals surface area contributed by atoms with Crippen molar-refractivity contribution >= 4 is 0 Å². The van der Waals surface area contributed by atoms with Crippen LogP contribution in [0.4, 0.5) is 0 Å². The zero-order valence-electron chi connectivity index (χ0n) is 18.0. The molecule has 1 heterocycles. The predicted octanol–water partition coefficient (Wildman–Crippen LogP) is -0.138. The zero-order chi connectivity index (χ0) is 24.1. The van der Waals surface area contributed by atoms with Crippen molar-refractivity contribution in [1.82, 2.24) is 0 Å². The van der Waals surface area contributed by atoms with Crippen LogP contribution in [0.1, 0.15) is 11.1 Å². The van der Waals surface area contributed by atoms with E-state index in [1.807, 2.05) is 0 Å². The van der Waals surface area contributed by atoms with Crippen LogP contribution >= 0.6 is 0 Å². The summed E-state index contributed by atoms with van der Waals surface area (Å²) in [5, 5.41) is 68.8. The molecular weight excluding hydrogens is 432 g/mol. The Labute approximate surface area is 191 Å². The molecule has 3 rings (SSSR count). The third-order valence-electron chi connectivity index (χ3n) is 5.58. The number of aromatic hydroxyl groups is 1. The quantitative estimate of drug-likeness (QED) is 0.252. The lowest BCUT2D eigenvalue weighted by Crippen LogP contribution is -2.60. The van der Waals surface area contributed by atoms with Gasteiger partial charge in [0.25, 0.3) is 0 Å². The van der Waals surface area contributed by atoms with Crippen LogP contribution in [0.25, 0.3) is 11.1 Å². The normalized spacial score (nSPS) is 26.1. The molecule has 1 unspecified atom stereocenters. The van der Waals surface area contributed by atoms with Crippen molar-refractivity contribution in [3.8, 4) is 22.6 Å². The topological polar surface area (TPSA) is 160 Å². The number of hydrogen-bond donors (Lipinski definition) is 7. The Kier molecular flexibility index (Phi) is 8.44. The van der Waals surface area contributed by atoms with Crippen molar-refractivity contribution in [2.75, 3.05) is 13.2 Å². The average molecular weight is 462 g/mol. The fraction of sp³-hybridized carbons (Fsp3) is 0.417. The van der Waals surface area contributed by atoms with E-state index >= 15 is 0 Å². The highest BCUT2D eigenvalue weighted by molar-refractivity contribution is 5.72. The molecule has 9 heteroatoms. The van der Waals surface area contributed by atoms with Crippen LogP contribution in [0.2, 0.25) is 0 Å². The smallest absolute Gasteiger partial charge is 0.184 e. The molecule has 2 aromatic rings. The first kappa shape index (κ1) is 25.1. The van der Waals surface area contributed by atoms with Gasteiger partial charge in [0.1, 0.15) is 29.8 Å². The lowest BCUT2D eigenvalue weighted by atomic mass is 9.96. The van der Waals surface area contributed by atoms with Crippen LogP contribution in [0.15, 0.2) is 49.1 Å². The van der Waals surface area contributed by atoms with Crippen LogP contribution in [0, 0.1) is 0 Å². The molecule has 6 atom stereocenters. The van der Waals surface area contributed by atoms with E-state index in [-0.39, 0.29) is 18.8 Å². The Hall–Kier alpha value is -2.50. The van der Waals surface area contributed by atoms with Crippen molar-refractivity contribution in [1.29, 1.82) is 0 Å². The van der Waals surface area contributed by atoms with Gasteiger partial charge in [0, 0.05) is 12.0 Å². The highest BCUT2D eigenvalue weighted by atomic mass is 16.7. The number of aliphatic hydroxyl groups excluding tert-OH is 6. The lowest BCUT2D eigenvalue weighted by Gasteiger charge is -2.40. The maximum atomic E-state index is 10.4. The number of benzene rings is 2. The minimum atomic E-state index is -1.65. The molecule has 180 valence electrons. The van der Waals surface area contributed by atoms with Crippen LogP contribution in [-0.4, -0.2) is 85.8 Å². The zero-order valence-corrected chi connectivity index (χ0v) is 18.0. The molecule has 1 saturated heterocycles. The first-order chi connectivity index (χ1) is 15.8. The number of aliphatic hydroxyl groups is 6. The molecule has 0 radical (unpaired) electrons. The minimum Gasteiger partial charge on any atom is -0.507 e. The number of ether oxygens (including phenoxy) is 2. The van der Waals surface area contributed by atoms with Crippen molar-refractivity contribution in [2.45, 2.75) is 49.7 Å². The van der Waals surface area contributed by atoms with Gasteiger partial charge in [-0.3, -0.25) is 0 Å². The molecular formula is C24H30O9. The van der Waals surface area contributed by atoms with E-state index in [1.54, 1.807) is 36.4 Å². The number of hydrogen-bond acceptors (Lipinski definition) is 9. The molecule has 9 nitrogen and oxygen atoms in total. The molecule has 0 bridgehead atoms. The molecule has 0 aromatic heterocycles. The first-order valence-electron chi connectivity index (χ1n) is 10.6. The van der Waals surface area contributed by atoms with Crippen molar-refractivity contribution < 1.29 is 45.2 Å². The summed E-state index contributed by atoms with van der Waals surface area (Å²) in [6.45, 7) is 2.83. The van der Waals surface area contributed by atoms with Gasteiger partial charge in [0.2, 0.25) is 0 Å². The Morgan fingerprint density at radius 2 is 1.82 bits per heavy atom. The summed E-state index contributed by atoms with van der Waals surface area (Å²) < 4.78 is 11.1. The average Bonchev–Trinajstić information content (AvgIpc) is 2.81. The fourth-order valence-corrected chi connectivity index (χ4v) is 3.81. The van der Waals surface area contributed by atoms with E-state index in [4.69, 9.17) is 14.6 Å². The molecule has 0 aliphatic carbocycles. The Morgan fingerprint density at radius 3 is 2.48 bits per heavy atom. The maximum Gasteiger partial charge on any atom is 0.184 e. The minimum absolute atomic E-state index is 0.0315. The number of rotatable bonds is 9. The van der Waals surface area contributed by atoms with Gasteiger partial charge >= 0.3 is 0 Å². The van der Waals surface area contributed by atoms with Crippen LogP contribution in [0.3, 0.4) is 0 Å². The fourth-order valence-electron chi connectivity index (χ4n) is 3.81. The molecule has 33 heavy (non-hydrogen) atoms. The summed E-state index contributed by atoms with van der Waals surface area (Å²) >= 11 is 0. The molecule has 0 spiro atoms.